The highest BCUT2D eigenvalue weighted by Gasteiger charge is 2.18. The molecule has 1 rings (SSSR count). The van der Waals surface area contributed by atoms with Gasteiger partial charge in [0.25, 0.3) is 0 Å². The monoisotopic (exact) mass is 179 g/mol. The first-order chi connectivity index (χ1) is 6.38. The van der Waals surface area contributed by atoms with E-state index >= 15 is 0 Å². The molecule has 1 heteroatoms. The number of nitrogens with one attached hydrogen (secondary N) is 1. The molecule has 74 valence electrons. The Morgan fingerprint density at radius 1 is 1.15 bits per heavy atom. The van der Waals surface area contributed by atoms with Crippen LogP contribution >= 0.6 is 0 Å². The van der Waals surface area contributed by atoms with Gasteiger partial charge >= 0.3 is 0 Å². The van der Waals surface area contributed by atoms with Gasteiger partial charge in [0.05, 0.1) is 6.04 Å². The third-order valence-corrected chi connectivity index (χ3v) is 3.11. The molecular formula is C12H21N. The van der Waals surface area contributed by atoms with E-state index < -0.39 is 0 Å². The third-order valence-electron chi connectivity index (χ3n) is 3.11. The fourth-order valence-corrected chi connectivity index (χ4v) is 2.28. The minimum Gasteiger partial charge on any atom is -0.307 e. The van der Waals surface area contributed by atoms with Crippen molar-refractivity contribution in [1.82, 2.24) is 5.32 Å². The summed E-state index contributed by atoms with van der Waals surface area (Å²) in [7, 11) is 1.98. The molecule has 0 aromatic carbocycles. The molecule has 0 aromatic rings. The molecule has 1 fully saturated rings. The lowest BCUT2D eigenvalue weighted by molar-refractivity contribution is 0.334. The Kier molecular flexibility index (Phi) is 4.93. The summed E-state index contributed by atoms with van der Waals surface area (Å²) in [6.45, 7) is 0. The summed E-state index contributed by atoms with van der Waals surface area (Å²) < 4.78 is 0. The maximum absolute atomic E-state index is 5.49. The maximum atomic E-state index is 5.49. The summed E-state index contributed by atoms with van der Waals surface area (Å²) in [5, 5.41) is 3.23. The molecule has 1 nitrogen and oxygen atoms in total. The molecule has 0 aromatic heterocycles. The van der Waals surface area contributed by atoms with Crippen LogP contribution in [0, 0.1) is 18.3 Å². The number of rotatable bonds is 2. The summed E-state index contributed by atoms with van der Waals surface area (Å²) in [5.41, 5.74) is 0. The summed E-state index contributed by atoms with van der Waals surface area (Å²) >= 11 is 0. The Bertz CT molecular complexity index is 160. The first-order valence-corrected chi connectivity index (χ1v) is 5.52. The first kappa shape index (κ1) is 10.6. The van der Waals surface area contributed by atoms with Crippen molar-refractivity contribution in [2.75, 3.05) is 7.05 Å². The molecule has 1 saturated carbocycles. The maximum Gasteiger partial charge on any atom is 0.0713 e. The highest BCUT2D eigenvalue weighted by atomic mass is 14.9. The van der Waals surface area contributed by atoms with E-state index in [-0.39, 0.29) is 0 Å². The highest BCUT2D eigenvalue weighted by molar-refractivity contribution is 5.01. The van der Waals surface area contributed by atoms with Crippen molar-refractivity contribution in [2.24, 2.45) is 5.92 Å². The molecule has 0 aliphatic heterocycles. The lowest BCUT2D eigenvalue weighted by Crippen LogP contribution is -2.32. The molecule has 1 atom stereocenters. The first-order valence-electron chi connectivity index (χ1n) is 5.52. The zero-order valence-corrected chi connectivity index (χ0v) is 8.68. The molecule has 1 aliphatic carbocycles. The standard InChI is InChI=1S/C12H21N/c1-3-12(13-2)11-9-7-5-4-6-8-10-11/h1,11-13H,4-10H2,2H3. The van der Waals surface area contributed by atoms with E-state index in [2.05, 4.69) is 11.2 Å². The van der Waals surface area contributed by atoms with E-state index in [9.17, 15) is 0 Å². The second kappa shape index (κ2) is 6.05. The van der Waals surface area contributed by atoms with Crippen molar-refractivity contribution < 1.29 is 0 Å². The Labute approximate surface area is 82.3 Å². The average molecular weight is 179 g/mol. The Balaban J connectivity index is 2.40. The SMILES string of the molecule is C#CC(NC)C1CCCCCCC1. The molecule has 13 heavy (non-hydrogen) atoms. The largest absolute Gasteiger partial charge is 0.307 e. The van der Waals surface area contributed by atoms with Gasteiger partial charge in [-0.1, -0.05) is 38.0 Å². The topological polar surface area (TPSA) is 12.0 Å². The van der Waals surface area contributed by atoms with Gasteiger partial charge in [-0.05, 0) is 25.8 Å². The van der Waals surface area contributed by atoms with Crippen LogP contribution in [0.2, 0.25) is 0 Å². The molecule has 0 radical (unpaired) electrons. The normalized spacial score (nSPS) is 22.8. The highest BCUT2D eigenvalue weighted by Crippen LogP contribution is 2.24. The van der Waals surface area contributed by atoms with Crippen molar-refractivity contribution in [3.63, 3.8) is 0 Å². The fourth-order valence-electron chi connectivity index (χ4n) is 2.28. The number of hydrogen-bond acceptors (Lipinski definition) is 1. The predicted molar refractivity (Wildman–Crippen MR) is 57.5 cm³/mol. The average Bonchev–Trinajstić information content (AvgIpc) is 2.09. The molecule has 0 spiro atoms. The van der Waals surface area contributed by atoms with Gasteiger partial charge in [0.2, 0.25) is 0 Å². The van der Waals surface area contributed by atoms with Crippen LogP contribution in [0.5, 0.6) is 0 Å². The van der Waals surface area contributed by atoms with Crippen LogP contribution in [0.3, 0.4) is 0 Å². The number of terminal acetylenes is 1. The van der Waals surface area contributed by atoms with Crippen LogP contribution in [0.25, 0.3) is 0 Å². The molecular weight excluding hydrogens is 158 g/mol. The molecule has 1 aliphatic rings. The molecule has 0 amide bonds. The van der Waals surface area contributed by atoms with Gasteiger partial charge < -0.3 is 5.32 Å². The number of hydrogen-bond donors (Lipinski definition) is 1. The van der Waals surface area contributed by atoms with E-state index in [1.165, 1.54) is 44.9 Å². The van der Waals surface area contributed by atoms with Crippen LogP contribution in [-0.2, 0) is 0 Å². The zero-order chi connectivity index (χ0) is 9.52. The van der Waals surface area contributed by atoms with Crippen molar-refractivity contribution in [1.29, 1.82) is 0 Å². The summed E-state index contributed by atoms with van der Waals surface area (Å²) in [6, 6.07) is 0.304. The third kappa shape index (κ3) is 3.40. The van der Waals surface area contributed by atoms with Crippen molar-refractivity contribution in [3.8, 4) is 12.3 Å². The minimum absolute atomic E-state index is 0.304. The van der Waals surface area contributed by atoms with Gasteiger partial charge in [0.1, 0.15) is 0 Å². The van der Waals surface area contributed by atoms with Crippen molar-refractivity contribution in [3.05, 3.63) is 0 Å². The van der Waals surface area contributed by atoms with Gasteiger partial charge in [0, 0.05) is 0 Å². The van der Waals surface area contributed by atoms with Crippen molar-refractivity contribution >= 4 is 0 Å². The van der Waals surface area contributed by atoms with E-state index in [0.29, 0.717) is 6.04 Å². The van der Waals surface area contributed by atoms with E-state index in [1.54, 1.807) is 0 Å². The van der Waals surface area contributed by atoms with E-state index in [1.807, 2.05) is 7.05 Å². The quantitative estimate of drug-likeness (QED) is 0.642. The van der Waals surface area contributed by atoms with Gasteiger partial charge in [0.15, 0.2) is 0 Å². The molecule has 0 saturated heterocycles. The predicted octanol–water partition coefficient (Wildman–Crippen LogP) is 2.57. The Hall–Kier alpha value is -0.480. The molecule has 1 N–H and O–H groups in total. The van der Waals surface area contributed by atoms with Crippen LogP contribution in [-0.4, -0.2) is 13.1 Å². The Morgan fingerprint density at radius 2 is 1.69 bits per heavy atom. The summed E-state index contributed by atoms with van der Waals surface area (Å²) in [5.74, 6) is 3.58. The molecule has 0 heterocycles. The summed E-state index contributed by atoms with van der Waals surface area (Å²) in [6.07, 6.45) is 15.1. The Morgan fingerprint density at radius 3 is 2.15 bits per heavy atom. The second-order valence-corrected chi connectivity index (χ2v) is 4.04. The van der Waals surface area contributed by atoms with Crippen LogP contribution < -0.4 is 5.32 Å². The van der Waals surface area contributed by atoms with Gasteiger partial charge in [-0.3, -0.25) is 0 Å². The van der Waals surface area contributed by atoms with Gasteiger partial charge in [-0.15, -0.1) is 6.42 Å². The van der Waals surface area contributed by atoms with Crippen LogP contribution in [0.15, 0.2) is 0 Å². The van der Waals surface area contributed by atoms with Crippen LogP contribution in [0.1, 0.15) is 44.9 Å². The fraction of sp³-hybridized carbons (Fsp3) is 0.833. The minimum atomic E-state index is 0.304. The van der Waals surface area contributed by atoms with Crippen molar-refractivity contribution in [2.45, 2.75) is 51.0 Å². The lowest BCUT2D eigenvalue weighted by atomic mass is 9.86. The van der Waals surface area contributed by atoms with E-state index in [0.717, 1.165) is 5.92 Å². The smallest absolute Gasteiger partial charge is 0.0713 e. The molecule has 1 unspecified atom stereocenters. The molecule has 0 bridgehead atoms. The van der Waals surface area contributed by atoms with E-state index in [4.69, 9.17) is 6.42 Å². The van der Waals surface area contributed by atoms with Gasteiger partial charge in [-0.25, -0.2) is 0 Å². The second-order valence-electron chi connectivity index (χ2n) is 4.04. The lowest BCUT2D eigenvalue weighted by Gasteiger charge is -2.24. The zero-order valence-electron chi connectivity index (χ0n) is 8.68. The van der Waals surface area contributed by atoms with Crippen LogP contribution in [0.4, 0.5) is 0 Å². The summed E-state index contributed by atoms with van der Waals surface area (Å²) in [4.78, 5) is 0. The van der Waals surface area contributed by atoms with Gasteiger partial charge in [-0.2, -0.15) is 0 Å².